The van der Waals surface area contributed by atoms with Crippen molar-refractivity contribution in [2.45, 2.75) is 50.3 Å². The van der Waals surface area contributed by atoms with Crippen LogP contribution in [0.1, 0.15) is 53.9 Å². The smallest absolute Gasteiger partial charge is 0.251 e. The van der Waals surface area contributed by atoms with E-state index >= 15 is 0 Å². The van der Waals surface area contributed by atoms with Gasteiger partial charge in [0.05, 0.1) is 11.0 Å². The number of nitrogens with one attached hydrogen (secondary N) is 1. The van der Waals surface area contributed by atoms with Crippen molar-refractivity contribution in [3.05, 3.63) is 16.0 Å². The lowest BCUT2D eigenvalue weighted by Gasteiger charge is -2.20. The van der Waals surface area contributed by atoms with E-state index in [2.05, 4.69) is 12.2 Å². The highest BCUT2D eigenvalue weighted by Gasteiger charge is 2.68. The number of anilines is 1. The van der Waals surface area contributed by atoms with Crippen LogP contribution >= 0.6 is 34.5 Å². The third kappa shape index (κ3) is 2.77. The number of alkyl halides is 2. The summed E-state index contributed by atoms with van der Waals surface area (Å²) in [5.41, 5.74) is 6.22. The number of carbonyl (C=O) groups is 2. The Morgan fingerprint density at radius 1 is 1.43 bits per heavy atom. The van der Waals surface area contributed by atoms with Crippen LogP contribution in [0.3, 0.4) is 0 Å². The van der Waals surface area contributed by atoms with Gasteiger partial charge in [0.1, 0.15) is 9.33 Å². The fraction of sp³-hybridized carbons (Fsp3) is 0.625. The molecule has 1 aromatic rings. The van der Waals surface area contributed by atoms with Crippen molar-refractivity contribution in [1.82, 2.24) is 0 Å². The third-order valence-electron chi connectivity index (χ3n) is 5.18. The first-order valence-corrected chi connectivity index (χ1v) is 9.40. The van der Waals surface area contributed by atoms with Crippen LogP contribution in [0.15, 0.2) is 0 Å². The van der Waals surface area contributed by atoms with Crippen LogP contribution in [-0.2, 0) is 17.6 Å². The summed E-state index contributed by atoms with van der Waals surface area (Å²) in [6, 6.07) is 0. The van der Waals surface area contributed by atoms with Crippen molar-refractivity contribution in [3.8, 4) is 0 Å². The highest BCUT2D eigenvalue weighted by molar-refractivity contribution is 7.17. The number of thiophene rings is 1. The van der Waals surface area contributed by atoms with Crippen LogP contribution in [0.4, 0.5) is 5.00 Å². The molecule has 0 radical (unpaired) electrons. The van der Waals surface area contributed by atoms with E-state index in [0.717, 1.165) is 36.1 Å². The monoisotopic (exact) mass is 374 g/mol. The average molecular weight is 375 g/mol. The lowest BCUT2D eigenvalue weighted by atomic mass is 9.85. The number of amides is 2. The molecule has 1 saturated carbocycles. The summed E-state index contributed by atoms with van der Waals surface area (Å²) < 4.78 is -1.03. The van der Waals surface area contributed by atoms with Gasteiger partial charge in [0.2, 0.25) is 5.91 Å². The highest BCUT2D eigenvalue weighted by Crippen LogP contribution is 2.64. The van der Waals surface area contributed by atoms with Crippen molar-refractivity contribution in [2.75, 3.05) is 5.32 Å². The molecule has 2 amide bonds. The molecule has 0 unspecified atom stereocenters. The molecule has 23 heavy (non-hydrogen) atoms. The summed E-state index contributed by atoms with van der Waals surface area (Å²) in [5.74, 6) is -0.114. The van der Waals surface area contributed by atoms with Gasteiger partial charge in [-0.25, -0.2) is 0 Å². The summed E-state index contributed by atoms with van der Waals surface area (Å²) in [5, 5.41) is 3.39. The Hall–Kier alpha value is -0.780. The second-order valence-electron chi connectivity index (χ2n) is 6.76. The fourth-order valence-corrected chi connectivity index (χ4v) is 5.31. The predicted molar refractivity (Wildman–Crippen MR) is 94.4 cm³/mol. The number of hydrogen-bond acceptors (Lipinski definition) is 3. The van der Waals surface area contributed by atoms with Crippen molar-refractivity contribution in [1.29, 1.82) is 0 Å². The number of hydrogen-bond donors (Lipinski definition) is 2. The number of carbonyl (C=O) groups excluding carboxylic acids is 2. The van der Waals surface area contributed by atoms with Crippen molar-refractivity contribution in [2.24, 2.45) is 17.1 Å². The number of fused-ring (bicyclic) bond motifs is 1. The molecule has 1 heterocycles. The first kappa shape index (κ1) is 17.1. The van der Waals surface area contributed by atoms with E-state index < -0.39 is 15.7 Å². The average Bonchev–Trinajstić information content (AvgIpc) is 2.84. The van der Waals surface area contributed by atoms with Gasteiger partial charge in [-0.05, 0) is 44.1 Å². The normalized spacial score (nSPS) is 28.1. The minimum Gasteiger partial charge on any atom is -0.365 e. The second kappa shape index (κ2) is 5.64. The fourth-order valence-electron chi connectivity index (χ4n) is 3.24. The number of primary amides is 1. The summed E-state index contributed by atoms with van der Waals surface area (Å²) in [6.45, 7) is 3.91. The lowest BCUT2D eigenvalue weighted by Crippen LogP contribution is -2.27. The first-order valence-electron chi connectivity index (χ1n) is 7.83. The maximum absolute atomic E-state index is 12.5. The zero-order valence-electron chi connectivity index (χ0n) is 13.2. The summed E-state index contributed by atoms with van der Waals surface area (Å²) in [6.07, 6.45) is 4.36. The number of halogens is 2. The number of nitrogens with two attached hydrogens (primary N) is 1. The molecule has 1 aromatic heterocycles. The molecule has 7 heteroatoms. The Morgan fingerprint density at radius 3 is 2.61 bits per heavy atom. The van der Waals surface area contributed by atoms with Gasteiger partial charge in [-0.1, -0.05) is 13.3 Å². The standard InChI is InChI=1S/C16H20Cl2N2O2S/c1-3-8-4-5-9-10(6-8)23-13(11(9)12(19)21)20-14(22)15(2)7-16(15,17)18/h8H,3-7H2,1-2H3,(H2,19,21)(H,20,22)/t8-,15-/m0/s1. The molecule has 0 spiro atoms. The molecule has 2 aliphatic carbocycles. The van der Waals surface area contributed by atoms with Gasteiger partial charge in [-0.2, -0.15) is 0 Å². The zero-order chi connectivity index (χ0) is 17.0. The Morgan fingerprint density at radius 2 is 2.09 bits per heavy atom. The van der Waals surface area contributed by atoms with Crippen LogP contribution in [0.25, 0.3) is 0 Å². The summed E-state index contributed by atoms with van der Waals surface area (Å²) in [7, 11) is 0. The minimum atomic E-state index is -1.03. The Labute approximate surface area is 149 Å². The Bertz CT molecular complexity index is 686. The van der Waals surface area contributed by atoms with Crippen LogP contribution in [0.5, 0.6) is 0 Å². The molecular formula is C16H20Cl2N2O2S. The van der Waals surface area contributed by atoms with E-state index in [1.165, 1.54) is 11.3 Å². The molecule has 0 saturated heterocycles. The van der Waals surface area contributed by atoms with Gasteiger partial charge in [0.15, 0.2) is 0 Å². The molecule has 4 nitrogen and oxygen atoms in total. The highest BCUT2D eigenvalue weighted by atomic mass is 35.5. The minimum absolute atomic E-state index is 0.254. The molecule has 2 atom stereocenters. The molecule has 1 fully saturated rings. The van der Waals surface area contributed by atoms with Gasteiger partial charge >= 0.3 is 0 Å². The van der Waals surface area contributed by atoms with Gasteiger partial charge in [0, 0.05) is 4.88 Å². The van der Waals surface area contributed by atoms with Gasteiger partial charge < -0.3 is 11.1 Å². The van der Waals surface area contributed by atoms with Gasteiger partial charge in [-0.15, -0.1) is 34.5 Å². The van der Waals surface area contributed by atoms with Crippen LogP contribution < -0.4 is 11.1 Å². The molecule has 3 N–H and O–H groups in total. The molecular weight excluding hydrogens is 355 g/mol. The van der Waals surface area contributed by atoms with E-state index in [1.54, 1.807) is 6.92 Å². The van der Waals surface area contributed by atoms with Gasteiger partial charge in [0.25, 0.3) is 5.91 Å². The maximum Gasteiger partial charge on any atom is 0.251 e. The van der Waals surface area contributed by atoms with Gasteiger partial charge in [-0.3, -0.25) is 9.59 Å². The SMILES string of the molecule is CC[C@H]1CCc2c(sc(NC(=O)[C@]3(C)CC3(Cl)Cl)c2C(N)=O)C1. The molecule has 0 bridgehead atoms. The van der Waals surface area contributed by atoms with Crippen molar-refractivity contribution < 1.29 is 9.59 Å². The molecule has 126 valence electrons. The summed E-state index contributed by atoms with van der Waals surface area (Å²) >= 11 is 13.6. The van der Waals surface area contributed by atoms with Crippen LogP contribution in [0.2, 0.25) is 0 Å². The zero-order valence-corrected chi connectivity index (χ0v) is 15.5. The second-order valence-corrected chi connectivity index (χ2v) is 9.35. The van der Waals surface area contributed by atoms with E-state index in [9.17, 15) is 9.59 Å². The molecule has 3 rings (SSSR count). The van der Waals surface area contributed by atoms with E-state index in [1.807, 2.05) is 0 Å². The van der Waals surface area contributed by atoms with Crippen LogP contribution in [-0.4, -0.2) is 16.1 Å². The molecule has 0 aliphatic heterocycles. The Balaban J connectivity index is 1.90. The van der Waals surface area contributed by atoms with E-state index in [0.29, 0.717) is 22.9 Å². The van der Waals surface area contributed by atoms with E-state index in [4.69, 9.17) is 28.9 Å². The largest absolute Gasteiger partial charge is 0.365 e. The predicted octanol–water partition coefficient (Wildman–Crippen LogP) is 3.88. The lowest BCUT2D eigenvalue weighted by molar-refractivity contribution is -0.120. The molecule has 0 aromatic carbocycles. The summed E-state index contributed by atoms with van der Waals surface area (Å²) in [4.78, 5) is 25.6. The molecule has 2 aliphatic rings. The van der Waals surface area contributed by atoms with E-state index in [-0.39, 0.29) is 5.91 Å². The van der Waals surface area contributed by atoms with Crippen molar-refractivity contribution in [3.63, 3.8) is 0 Å². The topological polar surface area (TPSA) is 72.2 Å². The maximum atomic E-state index is 12.5. The Kier molecular flexibility index (Phi) is 4.18. The van der Waals surface area contributed by atoms with Crippen LogP contribution in [0, 0.1) is 11.3 Å². The quantitative estimate of drug-likeness (QED) is 0.784. The number of rotatable bonds is 4. The first-order chi connectivity index (χ1) is 10.7. The third-order valence-corrected chi connectivity index (χ3v) is 7.45. The van der Waals surface area contributed by atoms with Crippen molar-refractivity contribution >= 4 is 51.4 Å².